The largest absolute Gasteiger partial charge is 0.420 e. The zero-order chi connectivity index (χ0) is 26.2. The number of halogens is 1. The van der Waals surface area contributed by atoms with Crippen LogP contribution >= 0.6 is 11.5 Å². The van der Waals surface area contributed by atoms with E-state index in [0.717, 1.165) is 60.5 Å². The van der Waals surface area contributed by atoms with Crippen LogP contribution in [0.3, 0.4) is 0 Å². The van der Waals surface area contributed by atoms with E-state index in [4.69, 9.17) is 10.2 Å². The van der Waals surface area contributed by atoms with Gasteiger partial charge in [0.25, 0.3) is 10.0 Å². The van der Waals surface area contributed by atoms with Crippen molar-refractivity contribution in [2.45, 2.75) is 55.5 Å². The zero-order valence-corrected chi connectivity index (χ0v) is 21.5. The molecule has 0 radical (unpaired) electrons. The highest BCUT2D eigenvalue weighted by Crippen LogP contribution is 2.29. The van der Waals surface area contributed by atoms with Crippen molar-refractivity contribution in [3.63, 3.8) is 0 Å². The fourth-order valence-corrected chi connectivity index (χ4v) is 6.26. The molecule has 5 rings (SSSR count). The number of sulfonamides is 1. The number of nitrogens with zero attached hydrogens (tertiary/aromatic N) is 3. The van der Waals surface area contributed by atoms with Gasteiger partial charge in [0, 0.05) is 29.2 Å². The lowest BCUT2D eigenvalue weighted by molar-refractivity contribution is 0.370. The van der Waals surface area contributed by atoms with E-state index >= 15 is 4.39 Å². The molecule has 0 amide bonds. The van der Waals surface area contributed by atoms with Gasteiger partial charge in [0.1, 0.15) is 17.0 Å². The molecule has 3 N–H and O–H groups in total. The van der Waals surface area contributed by atoms with Crippen LogP contribution in [0.1, 0.15) is 56.2 Å². The summed E-state index contributed by atoms with van der Waals surface area (Å²) in [5.74, 6) is 4.61. The molecule has 2 aromatic carbocycles. The smallest absolute Gasteiger partial charge is 0.408 e. The molecule has 0 saturated heterocycles. The molecule has 1 aliphatic rings. The van der Waals surface area contributed by atoms with Crippen molar-refractivity contribution < 1.29 is 17.2 Å². The molecule has 4 aromatic rings. The first-order chi connectivity index (χ1) is 17.7. The van der Waals surface area contributed by atoms with Crippen molar-refractivity contribution in [1.82, 2.24) is 13.9 Å². The fourth-order valence-electron chi connectivity index (χ4n) is 4.53. The Morgan fingerprint density at radius 2 is 2.03 bits per heavy atom. The van der Waals surface area contributed by atoms with Crippen LogP contribution in [0.2, 0.25) is 0 Å². The summed E-state index contributed by atoms with van der Waals surface area (Å²) in [6, 6.07) is 8.82. The van der Waals surface area contributed by atoms with Crippen molar-refractivity contribution in [3.8, 4) is 11.8 Å². The maximum absolute atomic E-state index is 15.0. The molecule has 192 valence electrons. The number of oxazole rings is 1. The van der Waals surface area contributed by atoms with Gasteiger partial charge in [-0.05, 0) is 37.5 Å². The number of nitrogens with two attached hydrogens (primary N) is 1. The molecule has 2 aromatic heterocycles. The Hall–Kier alpha value is -3.53. The van der Waals surface area contributed by atoms with Crippen molar-refractivity contribution >= 4 is 37.8 Å². The van der Waals surface area contributed by atoms with E-state index in [9.17, 15) is 13.2 Å². The molecule has 2 heterocycles. The minimum absolute atomic E-state index is 0.0147. The molecule has 37 heavy (non-hydrogen) atoms. The summed E-state index contributed by atoms with van der Waals surface area (Å²) in [6.07, 6.45) is 6.22. The highest BCUT2D eigenvalue weighted by Gasteiger charge is 2.26. The lowest BCUT2D eigenvalue weighted by Gasteiger charge is -2.27. The summed E-state index contributed by atoms with van der Waals surface area (Å²) in [6.45, 7) is 1.77. The molecule has 1 unspecified atom stereocenters. The number of aromatic nitrogens is 3. The van der Waals surface area contributed by atoms with E-state index in [1.54, 1.807) is 6.92 Å². The van der Waals surface area contributed by atoms with Gasteiger partial charge < -0.3 is 10.2 Å². The van der Waals surface area contributed by atoms with Gasteiger partial charge in [0.2, 0.25) is 5.13 Å². The van der Waals surface area contributed by atoms with Gasteiger partial charge in [-0.3, -0.25) is 9.29 Å². The molecular weight excluding hydrogens is 517 g/mol. The minimum atomic E-state index is -4.32. The Morgan fingerprint density at radius 1 is 1.24 bits per heavy atom. The predicted octanol–water partition coefficient (Wildman–Crippen LogP) is 4.01. The maximum Gasteiger partial charge on any atom is 0.420 e. The van der Waals surface area contributed by atoms with Crippen molar-refractivity contribution in [2.75, 3.05) is 4.72 Å². The number of fused-ring (bicyclic) bond motifs is 1. The summed E-state index contributed by atoms with van der Waals surface area (Å²) in [4.78, 5) is 15.9. The van der Waals surface area contributed by atoms with E-state index in [2.05, 4.69) is 25.9 Å². The molecule has 1 saturated carbocycles. The average molecular weight is 542 g/mol. The van der Waals surface area contributed by atoms with Crippen molar-refractivity contribution in [3.05, 3.63) is 70.2 Å². The van der Waals surface area contributed by atoms with E-state index in [1.807, 2.05) is 24.3 Å². The lowest BCUT2D eigenvalue weighted by atomic mass is 9.83. The minimum Gasteiger partial charge on any atom is -0.408 e. The van der Waals surface area contributed by atoms with E-state index in [0.29, 0.717) is 0 Å². The molecule has 1 atom stereocenters. The molecule has 0 bridgehead atoms. The highest BCUT2D eigenvalue weighted by atomic mass is 32.2. The summed E-state index contributed by atoms with van der Waals surface area (Å²) >= 11 is 0.806. The summed E-state index contributed by atoms with van der Waals surface area (Å²) in [7, 11) is -4.32. The number of anilines is 1. The molecule has 0 aliphatic heterocycles. The van der Waals surface area contributed by atoms with Crippen LogP contribution in [-0.4, -0.2) is 27.9 Å². The molecule has 0 spiro atoms. The SMILES string of the molecule is CC(c1cccc(C#CC2(N)CCCCC2)c1)n1c(=O)oc2cc(S(=O)(=O)Nc3ncns3)c(F)cc21. The number of hydrogen-bond acceptors (Lipinski definition) is 8. The molecular formula is C25H24FN5O4S2. The fraction of sp³-hybridized carbons (Fsp3) is 0.320. The second-order valence-corrected chi connectivity index (χ2v) is 11.5. The molecule has 1 fully saturated rings. The second kappa shape index (κ2) is 9.74. The van der Waals surface area contributed by atoms with Gasteiger partial charge in [-0.1, -0.05) is 43.2 Å². The predicted molar refractivity (Wildman–Crippen MR) is 138 cm³/mol. The Kier molecular flexibility index (Phi) is 6.61. The third-order valence-electron chi connectivity index (χ3n) is 6.50. The van der Waals surface area contributed by atoms with Gasteiger partial charge in [-0.25, -0.2) is 22.6 Å². The van der Waals surface area contributed by atoms with Crippen LogP contribution in [0.5, 0.6) is 0 Å². The number of rotatable bonds is 5. The number of benzene rings is 2. The van der Waals surface area contributed by atoms with Crippen LogP contribution in [0.25, 0.3) is 11.1 Å². The van der Waals surface area contributed by atoms with Crippen LogP contribution in [0.15, 0.2) is 56.8 Å². The van der Waals surface area contributed by atoms with Crippen LogP contribution in [0.4, 0.5) is 9.52 Å². The quantitative estimate of drug-likeness (QED) is 0.365. The number of nitrogens with one attached hydrogen (secondary N) is 1. The normalized spacial score (nSPS) is 16.2. The zero-order valence-electron chi connectivity index (χ0n) is 19.9. The van der Waals surface area contributed by atoms with E-state index in [-0.39, 0.29) is 16.2 Å². The van der Waals surface area contributed by atoms with Gasteiger partial charge in [-0.15, -0.1) is 0 Å². The first kappa shape index (κ1) is 25.1. The monoisotopic (exact) mass is 541 g/mol. The first-order valence-electron chi connectivity index (χ1n) is 11.7. The maximum atomic E-state index is 15.0. The second-order valence-electron chi connectivity index (χ2n) is 9.11. The summed E-state index contributed by atoms with van der Waals surface area (Å²) in [5, 5.41) is -0.0147. The van der Waals surface area contributed by atoms with Gasteiger partial charge in [-0.2, -0.15) is 4.37 Å². The summed E-state index contributed by atoms with van der Waals surface area (Å²) in [5.41, 5.74) is 7.52. The van der Waals surface area contributed by atoms with E-state index < -0.39 is 38.1 Å². The van der Waals surface area contributed by atoms with Crippen LogP contribution in [0, 0.1) is 17.7 Å². The third-order valence-corrected chi connectivity index (χ3v) is 8.56. The molecule has 1 aliphatic carbocycles. The van der Waals surface area contributed by atoms with Crippen LogP contribution in [-0.2, 0) is 10.0 Å². The Labute approximate surface area is 216 Å². The highest BCUT2D eigenvalue weighted by molar-refractivity contribution is 7.93. The standard InChI is InChI=1S/C25H24FN5O4S2/c1-16(18-7-5-6-17(12-18)8-11-25(27)9-3-2-4-10-25)31-20-13-19(26)22(14-21(20)35-24(31)32)37(33,34)30-23-28-15-29-36-23/h5-7,12-16H,2-4,9-10,27H2,1H3,(H,28,29,30). The van der Waals surface area contributed by atoms with Crippen LogP contribution < -0.4 is 16.2 Å². The summed E-state index contributed by atoms with van der Waals surface area (Å²) < 4.78 is 52.9. The van der Waals surface area contributed by atoms with Gasteiger partial charge >= 0.3 is 5.76 Å². The van der Waals surface area contributed by atoms with E-state index in [1.165, 1.54) is 17.3 Å². The number of hydrogen-bond donors (Lipinski definition) is 2. The van der Waals surface area contributed by atoms with Crippen molar-refractivity contribution in [1.29, 1.82) is 0 Å². The first-order valence-corrected chi connectivity index (χ1v) is 14.0. The van der Waals surface area contributed by atoms with Crippen molar-refractivity contribution in [2.24, 2.45) is 5.73 Å². The third kappa shape index (κ3) is 5.16. The topological polar surface area (TPSA) is 133 Å². The molecule has 9 nitrogen and oxygen atoms in total. The average Bonchev–Trinajstić information content (AvgIpc) is 3.48. The Bertz CT molecular complexity index is 1680. The van der Waals surface area contributed by atoms with Gasteiger partial charge in [0.05, 0.1) is 17.1 Å². The lowest BCUT2D eigenvalue weighted by Crippen LogP contribution is -2.40. The van der Waals surface area contributed by atoms with Gasteiger partial charge in [0.15, 0.2) is 5.58 Å². The Morgan fingerprint density at radius 3 is 2.76 bits per heavy atom. The molecule has 12 heteroatoms. The Balaban J connectivity index is 1.48.